The Balaban J connectivity index is 1.05. The van der Waals surface area contributed by atoms with Crippen molar-refractivity contribution in [1.82, 2.24) is 9.13 Å². The molecule has 0 aliphatic heterocycles. The monoisotopic (exact) mass is 919 g/mol. The number of hydrogen-bond acceptors (Lipinski definition) is 2. The van der Waals surface area contributed by atoms with E-state index in [4.69, 9.17) is 0 Å². The summed E-state index contributed by atoms with van der Waals surface area (Å²) >= 11 is 1.88. The minimum Gasteiger partial charge on any atom is -0.309 e. The molecule has 1 spiro atoms. The molecule has 16 rings (SSSR count). The topological polar surface area (TPSA) is 13.1 Å². The van der Waals surface area contributed by atoms with Gasteiger partial charge in [-0.3, -0.25) is 0 Å². The normalized spacial score (nSPS) is 13.2. The number of rotatable bonds is 5. The van der Waals surface area contributed by atoms with Crippen molar-refractivity contribution in [2.45, 2.75) is 5.41 Å². The maximum atomic E-state index is 2.59. The number of para-hydroxylation sites is 3. The van der Waals surface area contributed by atoms with Crippen molar-refractivity contribution < 1.29 is 0 Å². The van der Waals surface area contributed by atoms with Crippen molar-refractivity contribution >= 4 is 92.2 Å². The molecule has 2 aliphatic carbocycles. The van der Waals surface area contributed by atoms with Crippen molar-refractivity contribution in [3.05, 3.63) is 271 Å². The third-order valence-corrected chi connectivity index (χ3v) is 16.8. The van der Waals surface area contributed by atoms with Crippen LogP contribution in [0.4, 0.5) is 17.1 Å². The summed E-state index contributed by atoms with van der Waals surface area (Å²) in [4.78, 5) is 2.59. The van der Waals surface area contributed by atoms with Crippen LogP contribution in [0.5, 0.6) is 0 Å². The van der Waals surface area contributed by atoms with Crippen LogP contribution >= 0.6 is 11.3 Å². The van der Waals surface area contributed by atoms with Crippen LogP contribution in [0.1, 0.15) is 22.3 Å². The second-order valence-corrected chi connectivity index (χ2v) is 20.2. The second-order valence-electron chi connectivity index (χ2n) is 19.1. The van der Waals surface area contributed by atoms with Gasteiger partial charge in [0, 0.05) is 64.3 Å². The number of anilines is 3. The zero-order chi connectivity index (χ0) is 46.4. The number of aromatic nitrogens is 2. The molecule has 3 heterocycles. The van der Waals surface area contributed by atoms with Crippen molar-refractivity contribution in [3.8, 4) is 33.6 Å². The van der Waals surface area contributed by atoms with Gasteiger partial charge in [0.2, 0.25) is 0 Å². The lowest BCUT2D eigenvalue weighted by Crippen LogP contribution is -2.26. The molecule has 14 aromatic rings. The van der Waals surface area contributed by atoms with Gasteiger partial charge in [-0.2, -0.15) is 0 Å². The maximum Gasteiger partial charge on any atom is 0.0726 e. The lowest BCUT2D eigenvalue weighted by Gasteiger charge is -2.32. The summed E-state index contributed by atoms with van der Waals surface area (Å²) in [7, 11) is 0. The lowest BCUT2D eigenvalue weighted by molar-refractivity contribution is 0.794. The molecule has 330 valence electrons. The maximum absolute atomic E-state index is 2.59. The summed E-state index contributed by atoms with van der Waals surface area (Å²) in [5, 5.41) is 7.49. The minimum absolute atomic E-state index is 0.492. The molecule has 0 atom stereocenters. The van der Waals surface area contributed by atoms with Gasteiger partial charge in [-0.15, -0.1) is 11.3 Å². The fraction of sp³-hybridized carbons (Fsp3) is 0.0149. The van der Waals surface area contributed by atoms with Gasteiger partial charge in [0.15, 0.2) is 0 Å². The number of nitrogens with zero attached hydrogens (tertiary/aromatic N) is 3. The van der Waals surface area contributed by atoms with Crippen molar-refractivity contribution in [1.29, 1.82) is 0 Å². The van der Waals surface area contributed by atoms with E-state index in [1.807, 2.05) is 11.3 Å². The van der Waals surface area contributed by atoms with Crippen LogP contribution in [0.15, 0.2) is 249 Å². The standard InChI is InChI=1S/C67H41N3S/c1-3-19-42(20-4-1)68-56-32-15-10-26-50(56)64-58(68)34-18-35-59(64)69(57-33-17-31-55-63(57)49-25-9-14-30-54(49)67(55)52-28-12-7-23-45(52)46-24-8-13-29-53(46)67)44-37-38-47-48-39-40-62-65(51-27-11-16-36-61(51)71-62)66(48)70(60(47)41-44)43-21-5-2-6-22-43/h1-41H. The molecule has 0 amide bonds. The van der Waals surface area contributed by atoms with Gasteiger partial charge in [0.05, 0.1) is 38.9 Å². The molecule has 11 aromatic carbocycles. The zero-order valence-corrected chi connectivity index (χ0v) is 39.2. The lowest BCUT2D eigenvalue weighted by atomic mass is 9.70. The van der Waals surface area contributed by atoms with Crippen LogP contribution in [0, 0.1) is 0 Å². The van der Waals surface area contributed by atoms with E-state index in [-0.39, 0.29) is 0 Å². The third-order valence-electron chi connectivity index (χ3n) is 15.7. The van der Waals surface area contributed by atoms with Crippen molar-refractivity contribution in [3.63, 3.8) is 0 Å². The van der Waals surface area contributed by atoms with E-state index in [1.54, 1.807) is 0 Å². The Kier molecular flexibility index (Phi) is 7.97. The Labute approximate surface area is 414 Å². The summed E-state index contributed by atoms with van der Waals surface area (Å²) in [6.45, 7) is 0. The van der Waals surface area contributed by atoms with Crippen LogP contribution in [0.3, 0.4) is 0 Å². The fourth-order valence-electron chi connectivity index (χ4n) is 13.0. The van der Waals surface area contributed by atoms with E-state index in [1.165, 1.54) is 103 Å². The third kappa shape index (κ3) is 5.11. The molecular weight excluding hydrogens is 879 g/mol. The Bertz CT molecular complexity index is 4490. The number of hydrogen-bond donors (Lipinski definition) is 0. The molecule has 4 heteroatoms. The highest BCUT2D eigenvalue weighted by molar-refractivity contribution is 7.26. The Morgan fingerprint density at radius 2 is 0.901 bits per heavy atom. The Morgan fingerprint density at radius 1 is 0.338 bits per heavy atom. The molecule has 0 bridgehead atoms. The minimum atomic E-state index is -0.492. The van der Waals surface area contributed by atoms with Gasteiger partial charge in [-0.05, 0) is 112 Å². The van der Waals surface area contributed by atoms with E-state index in [9.17, 15) is 0 Å². The van der Waals surface area contributed by atoms with E-state index < -0.39 is 5.41 Å². The molecule has 0 saturated carbocycles. The van der Waals surface area contributed by atoms with E-state index in [0.29, 0.717) is 0 Å². The fourth-order valence-corrected chi connectivity index (χ4v) is 14.2. The molecule has 0 saturated heterocycles. The SMILES string of the molecule is c1ccc(-n2c3ccccc3c3c(N(c4ccc5c6ccc7sc8ccccc8c7c6n(-c6ccccc6)c5c4)c4cccc5c4-c4ccccc4C54c5ccccc5-c5ccccc54)cccc32)cc1. The largest absolute Gasteiger partial charge is 0.309 e. The van der Waals surface area contributed by atoms with Crippen LogP contribution in [-0.2, 0) is 5.41 Å². The van der Waals surface area contributed by atoms with Crippen molar-refractivity contribution in [2.24, 2.45) is 0 Å². The van der Waals surface area contributed by atoms with Crippen LogP contribution < -0.4 is 4.90 Å². The van der Waals surface area contributed by atoms with Gasteiger partial charge in [-0.1, -0.05) is 176 Å². The first-order valence-electron chi connectivity index (χ1n) is 24.5. The molecule has 0 fully saturated rings. The molecule has 0 unspecified atom stereocenters. The number of benzene rings is 11. The first kappa shape index (κ1) is 38.9. The highest BCUT2D eigenvalue weighted by atomic mass is 32.1. The molecule has 0 radical (unpaired) electrons. The summed E-state index contributed by atoms with van der Waals surface area (Å²) < 4.78 is 7.56. The number of fused-ring (bicyclic) bond motifs is 20. The predicted octanol–water partition coefficient (Wildman–Crippen LogP) is 18.1. The first-order valence-corrected chi connectivity index (χ1v) is 25.3. The average Bonchev–Trinajstić information content (AvgIpc) is 4.23. The number of thiophene rings is 1. The average molecular weight is 920 g/mol. The first-order chi connectivity index (χ1) is 35.3. The predicted molar refractivity (Wildman–Crippen MR) is 299 cm³/mol. The Morgan fingerprint density at radius 3 is 1.66 bits per heavy atom. The van der Waals surface area contributed by atoms with Gasteiger partial charge in [0.1, 0.15) is 0 Å². The van der Waals surface area contributed by atoms with E-state index in [0.717, 1.165) is 34.0 Å². The summed E-state index contributed by atoms with van der Waals surface area (Å²) in [6, 6.07) is 92.9. The quantitative estimate of drug-likeness (QED) is 0.168. The Hall–Kier alpha value is -8.96. The molecule has 2 aliphatic rings. The van der Waals surface area contributed by atoms with Crippen molar-refractivity contribution in [2.75, 3.05) is 4.90 Å². The summed E-state index contributed by atoms with van der Waals surface area (Å²) in [5.41, 5.74) is 20.3. The van der Waals surface area contributed by atoms with E-state index >= 15 is 0 Å². The molecule has 0 N–H and O–H groups in total. The van der Waals surface area contributed by atoms with Crippen LogP contribution in [0.2, 0.25) is 0 Å². The van der Waals surface area contributed by atoms with Gasteiger partial charge in [-0.25, -0.2) is 0 Å². The molecule has 71 heavy (non-hydrogen) atoms. The van der Waals surface area contributed by atoms with Gasteiger partial charge >= 0.3 is 0 Å². The van der Waals surface area contributed by atoms with Gasteiger partial charge < -0.3 is 14.0 Å². The zero-order valence-electron chi connectivity index (χ0n) is 38.4. The summed E-state index contributed by atoms with van der Waals surface area (Å²) in [6.07, 6.45) is 0. The highest BCUT2D eigenvalue weighted by Crippen LogP contribution is 2.65. The molecule has 3 nitrogen and oxygen atoms in total. The summed E-state index contributed by atoms with van der Waals surface area (Å²) in [5.74, 6) is 0. The molecular formula is C67H41N3S. The molecule has 3 aromatic heterocycles. The van der Waals surface area contributed by atoms with E-state index in [2.05, 4.69) is 263 Å². The van der Waals surface area contributed by atoms with Gasteiger partial charge in [0.25, 0.3) is 0 Å². The smallest absolute Gasteiger partial charge is 0.0726 e. The highest BCUT2D eigenvalue weighted by Gasteiger charge is 2.52. The van der Waals surface area contributed by atoms with Crippen LogP contribution in [-0.4, -0.2) is 9.13 Å². The van der Waals surface area contributed by atoms with Crippen LogP contribution in [0.25, 0.3) is 97.4 Å². The second kappa shape index (κ2) is 14.5.